The van der Waals surface area contributed by atoms with Crippen LogP contribution in [0.15, 0.2) is 48.9 Å². The first kappa shape index (κ1) is 19.9. The zero-order chi connectivity index (χ0) is 21.2. The molecule has 1 aromatic carbocycles. The monoisotopic (exact) mass is 406 g/mol. The summed E-state index contributed by atoms with van der Waals surface area (Å²) in [4.78, 5) is 27.1. The lowest BCUT2D eigenvalue weighted by Gasteiger charge is -2.10. The minimum absolute atomic E-state index is 0.0563. The van der Waals surface area contributed by atoms with Crippen molar-refractivity contribution >= 4 is 11.9 Å². The Labute approximate surface area is 161 Å². The second-order valence-electron chi connectivity index (χ2n) is 5.92. The Morgan fingerprint density at radius 1 is 1.14 bits per heavy atom. The first-order valence-electron chi connectivity index (χ1n) is 8.07. The van der Waals surface area contributed by atoms with Crippen LogP contribution in [0.1, 0.15) is 31.8 Å². The highest BCUT2D eigenvalue weighted by Gasteiger charge is 2.29. The lowest BCUT2D eigenvalue weighted by atomic mass is 10.1. The van der Waals surface area contributed by atoms with Crippen LogP contribution in [-0.2, 0) is 12.7 Å². The van der Waals surface area contributed by atoms with E-state index in [-0.39, 0.29) is 23.5 Å². The number of hydrogen-bond acceptors (Lipinski definition) is 5. The van der Waals surface area contributed by atoms with Crippen LogP contribution in [0.5, 0.6) is 5.75 Å². The van der Waals surface area contributed by atoms with Crippen molar-refractivity contribution in [3.05, 3.63) is 71.2 Å². The van der Waals surface area contributed by atoms with E-state index in [1.54, 1.807) is 0 Å². The predicted molar refractivity (Wildman–Crippen MR) is 92.6 cm³/mol. The number of alkyl halides is 3. The Hall–Kier alpha value is -3.89. The molecule has 0 bridgehead atoms. The normalized spacial score (nSPS) is 11.3. The van der Waals surface area contributed by atoms with Gasteiger partial charge in [0.05, 0.1) is 22.9 Å². The fraction of sp³-hybridized carbons (Fsp3) is 0.111. The topological polar surface area (TPSA) is 117 Å². The number of carboxylic acid groups (broad SMARTS) is 1. The van der Waals surface area contributed by atoms with Gasteiger partial charge in [-0.25, -0.2) is 14.5 Å². The van der Waals surface area contributed by atoms with E-state index in [9.17, 15) is 27.9 Å². The third kappa shape index (κ3) is 4.51. The third-order valence-electron chi connectivity index (χ3n) is 3.91. The molecule has 2 aromatic heterocycles. The number of carboxylic acids is 1. The average Bonchev–Trinajstić information content (AvgIpc) is 3.16. The maximum atomic E-state index is 12.6. The lowest BCUT2D eigenvalue weighted by molar-refractivity contribution is -0.137. The summed E-state index contributed by atoms with van der Waals surface area (Å²) in [6.07, 6.45) is -1.07. The Kier molecular flexibility index (Phi) is 5.22. The zero-order valence-corrected chi connectivity index (χ0v) is 14.5. The number of halogens is 3. The van der Waals surface area contributed by atoms with Gasteiger partial charge in [-0.05, 0) is 17.7 Å². The molecular formula is C18H13F3N4O4. The molecular weight excluding hydrogens is 393 g/mol. The Bertz CT molecular complexity index is 1060. The molecule has 3 aromatic rings. The van der Waals surface area contributed by atoms with E-state index in [1.807, 2.05) is 0 Å². The molecule has 0 saturated carbocycles. The fourth-order valence-electron chi connectivity index (χ4n) is 2.38. The van der Waals surface area contributed by atoms with Crippen molar-refractivity contribution in [1.29, 1.82) is 0 Å². The molecule has 3 N–H and O–H groups in total. The van der Waals surface area contributed by atoms with Gasteiger partial charge in [0.15, 0.2) is 5.82 Å². The number of nitrogens with zero attached hydrogens (tertiary/aromatic N) is 3. The smallest absolute Gasteiger partial charge is 0.416 e. The molecule has 1 amide bonds. The van der Waals surface area contributed by atoms with Crippen molar-refractivity contribution in [2.75, 3.05) is 0 Å². The number of rotatable bonds is 5. The maximum absolute atomic E-state index is 12.6. The summed E-state index contributed by atoms with van der Waals surface area (Å²) >= 11 is 0. The van der Waals surface area contributed by atoms with Gasteiger partial charge in [-0.1, -0.05) is 12.1 Å². The first-order chi connectivity index (χ1) is 13.6. The minimum Gasteiger partial charge on any atom is -0.507 e. The summed E-state index contributed by atoms with van der Waals surface area (Å²) in [7, 11) is 0. The quantitative estimate of drug-likeness (QED) is 0.600. The predicted octanol–water partition coefficient (Wildman–Crippen LogP) is 2.62. The van der Waals surface area contributed by atoms with Gasteiger partial charge in [-0.3, -0.25) is 4.79 Å². The van der Waals surface area contributed by atoms with Crippen LogP contribution in [0.25, 0.3) is 5.82 Å². The number of benzene rings is 1. The molecule has 150 valence electrons. The van der Waals surface area contributed by atoms with Crippen LogP contribution in [0.3, 0.4) is 0 Å². The molecule has 3 rings (SSSR count). The second kappa shape index (κ2) is 7.62. The van der Waals surface area contributed by atoms with Gasteiger partial charge in [0.2, 0.25) is 0 Å². The molecule has 0 aliphatic heterocycles. The number of hydrogen-bond donors (Lipinski definition) is 3. The first-order valence-corrected chi connectivity index (χ1v) is 8.07. The molecule has 0 unspecified atom stereocenters. The summed E-state index contributed by atoms with van der Waals surface area (Å²) in [6, 6.07) is 5.42. The van der Waals surface area contributed by atoms with Gasteiger partial charge < -0.3 is 15.5 Å². The maximum Gasteiger partial charge on any atom is 0.416 e. The number of amides is 1. The minimum atomic E-state index is -4.44. The summed E-state index contributed by atoms with van der Waals surface area (Å²) in [6.45, 7) is -0.0563. The van der Waals surface area contributed by atoms with E-state index in [0.29, 0.717) is 5.56 Å². The van der Waals surface area contributed by atoms with Crippen LogP contribution < -0.4 is 5.32 Å². The van der Waals surface area contributed by atoms with Gasteiger partial charge >= 0.3 is 12.1 Å². The van der Waals surface area contributed by atoms with E-state index in [4.69, 9.17) is 5.11 Å². The van der Waals surface area contributed by atoms with E-state index < -0.39 is 29.4 Å². The van der Waals surface area contributed by atoms with Gasteiger partial charge in [0.25, 0.3) is 5.91 Å². The van der Waals surface area contributed by atoms with E-state index in [1.165, 1.54) is 18.3 Å². The largest absolute Gasteiger partial charge is 0.507 e. The molecule has 0 spiro atoms. The number of carbonyl (C=O) groups excluding carboxylic acids is 1. The van der Waals surface area contributed by atoms with Gasteiger partial charge in [0.1, 0.15) is 5.75 Å². The van der Waals surface area contributed by atoms with Gasteiger partial charge in [-0.2, -0.15) is 18.3 Å². The molecule has 8 nitrogen and oxygen atoms in total. The Morgan fingerprint density at radius 2 is 1.83 bits per heavy atom. The van der Waals surface area contributed by atoms with Crippen LogP contribution in [0.4, 0.5) is 13.2 Å². The zero-order valence-electron chi connectivity index (χ0n) is 14.5. The molecule has 11 heteroatoms. The van der Waals surface area contributed by atoms with Crippen molar-refractivity contribution in [2.45, 2.75) is 12.7 Å². The van der Waals surface area contributed by atoms with Gasteiger partial charge in [-0.15, -0.1) is 0 Å². The van der Waals surface area contributed by atoms with E-state index >= 15 is 0 Å². The standard InChI is InChI=1S/C18H13F3N4O4/c19-18(20,21)12-3-1-10(2-4-12)6-23-16(27)13-8-22-15(5-14(13)26)25-9-11(7-24-25)17(28)29/h1-5,7-9H,6H2,(H,22,26)(H,23,27)(H,28,29). The van der Waals surface area contributed by atoms with Crippen molar-refractivity contribution in [2.24, 2.45) is 0 Å². The van der Waals surface area contributed by atoms with Crippen LogP contribution in [0, 0.1) is 0 Å². The molecule has 0 fully saturated rings. The van der Waals surface area contributed by atoms with Gasteiger partial charge in [0, 0.05) is 25.0 Å². The van der Waals surface area contributed by atoms with Crippen LogP contribution >= 0.6 is 0 Å². The molecule has 2 heterocycles. The van der Waals surface area contributed by atoms with Crippen molar-refractivity contribution in [3.63, 3.8) is 0 Å². The number of pyridine rings is 1. The number of aromatic carboxylic acids is 1. The summed E-state index contributed by atoms with van der Waals surface area (Å²) in [5.41, 5.74) is -0.598. The van der Waals surface area contributed by atoms with Crippen molar-refractivity contribution in [3.8, 4) is 11.6 Å². The van der Waals surface area contributed by atoms with Crippen LogP contribution in [0.2, 0.25) is 0 Å². The number of nitrogens with one attached hydrogen (secondary N) is 1. The average molecular weight is 406 g/mol. The van der Waals surface area contributed by atoms with Crippen LogP contribution in [-0.4, -0.2) is 36.9 Å². The number of carbonyl (C=O) groups is 2. The van der Waals surface area contributed by atoms with E-state index in [2.05, 4.69) is 15.4 Å². The molecule has 0 atom stereocenters. The summed E-state index contributed by atoms with van der Waals surface area (Å²) in [5, 5.41) is 25.2. The lowest BCUT2D eigenvalue weighted by Crippen LogP contribution is -2.23. The molecule has 0 radical (unpaired) electrons. The third-order valence-corrected chi connectivity index (χ3v) is 3.91. The van der Waals surface area contributed by atoms with Crippen molar-refractivity contribution < 1.29 is 33.0 Å². The SMILES string of the molecule is O=C(O)c1cnn(-c2cc(O)c(C(=O)NCc3ccc(C(F)(F)F)cc3)cn2)c1. The summed E-state index contributed by atoms with van der Waals surface area (Å²) in [5.74, 6) is -2.20. The highest BCUT2D eigenvalue weighted by Crippen LogP contribution is 2.29. The Morgan fingerprint density at radius 3 is 2.38 bits per heavy atom. The number of aromatic nitrogens is 3. The fourth-order valence-corrected chi connectivity index (χ4v) is 2.38. The molecule has 29 heavy (non-hydrogen) atoms. The highest BCUT2D eigenvalue weighted by molar-refractivity contribution is 5.96. The number of aromatic hydroxyl groups is 1. The molecule has 0 aliphatic carbocycles. The molecule has 0 aliphatic rings. The van der Waals surface area contributed by atoms with E-state index in [0.717, 1.165) is 35.3 Å². The Balaban J connectivity index is 1.68. The highest BCUT2D eigenvalue weighted by atomic mass is 19.4. The van der Waals surface area contributed by atoms with Crippen molar-refractivity contribution in [1.82, 2.24) is 20.1 Å². The molecule has 0 saturated heterocycles. The summed E-state index contributed by atoms with van der Waals surface area (Å²) < 4.78 is 38.8. The second-order valence-corrected chi connectivity index (χ2v) is 5.92.